The summed E-state index contributed by atoms with van der Waals surface area (Å²) in [4.78, 5) is 29.1. The minimum Gasteiger partial charge on any atom is -0.355 e. The lowest BCUT2D eigenvalue weighted by Crippen LogP contribution is -2.51. The van der Waals surface area contributed by atoms with Crippen LogP contribution >= 0.6 is 24.8 Å². The molecule has 0 bridgehead atoms. The highest BCUT2D eigenvalue weighted by molar-refractivity contribution is 5.85. The fourth-order valence-electron chi connectivity index (χ4n) is 4.75. The number of piperidine rings is 1. The highest BCUT2D eigenvalue weighted by Gasteiger charge is 2.28. The number of nitrogens with one attached hydrogen (secondary N) is 2. The second kappa shape index (κ2) is 14.4. The summed E-state index contributed by atoms with van der Waals surface area (Å²) >= 11 is 0. The Hall–Kier alpha value is -0.560. The molecule has 29 heavy (non-hydrogen) atoms. The van der Waals surface area contributed by atoms with E-state index < -0.39 is 0 Å². The van der Waals surface area contributed by atoms with Crippen molar-refractivity contribution in [1.82, 2.24) is 20.4 Å². The molecule has 0 atom stereocenters. The zero-order valence-electron chi connectivity index (χ0n) is 17.7. The van der Waals surface area contributed by atoms with Gasteiger partial charge in [0.25, 0.3) is 0 Å². The molecule has 3 aliphatic rings. The maximum atomic E-state index is 12.6. The van der Waals surface area contributed by atoms with Crippen LogP contribution in [0.3, 0.4) is 0 Å². The van der Waals surface area contributed by atoms with Crippen molar-refractivity contribution in [2.24, 2.45) is 11.8 Å². The molecule has 2 aliphatic heterocycles. The van der Waals surface area contributed by atoms with Gasteiger partial charge in [0.15, 0.2) is 0 Å². The highest BCUT2D eigenvalue weighted by atomic mass is 35.5. The summed E-state index contributed by atoms with van der Waals surface area (Å²) < 4.78 is 0. The average molecular weight is 451 g/mol. The lowest BCUT2D eigenvalue weighted by molar-refractivity contribution is -0.138. The fraction of sp³-hybridized carbons (Fsp3) is 0.905. The van der Waals surface area contributed by atoms with E-state index in [-0.39, 0.29) is 36.6 Å². The maximum absolute atomic E-state index is 12.6. The first kappa shape index (κ1) is 26.5. The Bertz CT molecular complexity index is 475. The molecule has 8 heteroatoms. The number of hydrogen-bond donors (Lipinski definition) is 2. The Kier molecular flexibility index (Phi) is 13.2. The highest BCUT2D eigenvalue weighted by Crippen LogP contribution is 2.25. The van der Waals surface area contributed by atoms with Crippen LogP contribution in [0.1, 0.15) is 57.8 Å². The molecule has 6 nitrogen and oxygen atoms in total. The van der Waals surface area contributed by atoms with Gasteiger partial charge in [0.05, 0.1) is 0 Å². The lowest BCUT2D eigenvalue weighted by Gasteiger charge is -2.37. The van der Waals surface area contributed by atoms with E-state index in [9.17, 15) is 9.59 Å². The first-order valence-electron chi connectivity index (χ1n) is 11.2. The van der Waals surface area contributed by atoms with E-state index in [1.54, 1.807) is 0 Å². The van der Waals surface area contributed by atoms with Crippen LogP contribution in [0, 0.1) is 11.8 Å². The van der Waals surface area contributed by atoms with Gasteiger partial charge in [-0.05, 0) is 51.1 Å². The summed E-state index contributed by atoms with van der Waals surface area (Å²) in [5.41, 5.74) is 0. The normalized spacial score (nSPS) is 21.7. The number of carbonyl (C=O) groups excluding carboxylic acids is 2. The smallest absolute Gasteiger partial charge is 0.225 e. The number of hydrogen-bond acceptors (Lipinski definition) is 4. The van der Waals surface area contributed by atoms with Gasteiger partial charge in [0.2, 0.25) is 11.8 Å². The van der Waals surface area contributed by atoms with Crippen LogP contribution in [0.5, 0.6) is 0 Å². The first-order valence-corrected chi connectivity index (χ1v) is 11.2. The van der Waals surface area contributed by atoms with E-state index in [4.69, 9.17) is 0 Å². The van der Waals surface area contributed by atoms with Crippen molar-refractivity contribution in [1.29, 1.82) is 0 Å². The monoisotopic (exact) mass is 450 g/mol. The van der Waals surface area contributed by atoms with Gasteiger partial charge in [-0.25, -0.2) is 0 Å². The summed E-state index contributed by atoms with van der Waals surface area (Å²) in [6.07, 6.45) is 9.99. The number of piperazine rings is 1. The molecular formula is C21H40Cl2N4O2. The zero-order chi connectivity index (χ0) is 18.9. The molecule has 1 aliphatic carbocycles. The number of carbonyl (C=O) groups is 2. The first-order chi connectivity index (χ1) is 13.2. The molecule has 2 heterocycles. The van der Waals surface area contributed by atoms with Crippen LogP contribution in [-0.2, 0) is 9.59 Å². The van der Waals surface area contributed by atoms with E-state index in [0.29, 0.717) is 18.2 Å². The number of rotatable bonds is 7. The van der Waals surface area contributed by atoms with Crippen LogP contribution in [0.2, 0.25) is 0 Å². The predicted octanol–water partition coefficient (Wildman–Crippen LogP) is 2.45. The molecule has 1 saturated carbocycles. The summed E-state index contributed by atoms with van der Waals surface area (Å²) in [5.74, 6) is 1.58. The van der Waals surface area contributed by atoms with Gasteiger partial charge in [0, 0.05) is 51.6 Å². The summed E-state index contributed by atoms with van der Waals surface area (Å²) in [5, 5.41) is 6.45. The second-order valence-electron chi connectivity index (χ2n) is 8.58. The standard InChI is InChI=1S/C21H38N4O2.2ClH/c26-20(7-6-18-8-10-22-11-9-18)23-12-13-24-14-16-25(17-15-24)21(27)19-4-2-1-3-5-19;;/h18-19,22H,1-17H2,(H,23,26);2*1H. The SMILES string of the molecule is Cl.Cl.O=C(CCC1CCNCC1)NCCN1CCN(C(=O)C2CCCCC2)CC1. The maximum Gasteiger partial charge on any atom is 0.225 e. The molecule has 2 saturated heterocycles. The van der Waals surface area contributed by atoms with E-state index in [1.807, 2.05) is 0 Å². The molecule has 0 aromatic carbocycles. The van der Waals surface area contributed by atoms with Crippen molar-refractivity contribution in [2.75, 3.05) is 52.4 Å². The molecule has 2 N–H and O–H groups in total. The topological polar surface area (TPSA) is 64.7 Å². The van der Waals surface area contributed by atoms with Gasteiger partial charge in [0.1, 0.15) is 0 Å². The van der Waals surface area contributed by atoms with E-state index in [1.165, 1.54) is 32.1 Å². The Labute approximate surface area is 188 Å². The van der Waals surface area contributed by atoms with Crippen molar-refractivity contribution in [3.63, 3.8) is 0 Å². The summed E-state index contributed by atoms with van der Waals surface area (Å²) in [7, 11) is 0. The van der Waals surface area contributed by atoms with Gasteiger partial charge in [-0.2, -0.15) is 0 Å². The van der Waals surface area contributed by atoms with Gasteiger partial charge >= 0.3 is 0 Å². The number of amides is 2. The van der Waals surface area contributed by atoms with Crippen LogP contribution in [0.15, 0.2) is 0 Å². The number of nitrogens with zero attached hydrogens (tertiary/aromatic N) is 2. The molecule has 170 valence electrons. The Morgan fingerprint density at radius 3 is 2.21 bits per heavy atom. The third kappa shape index (κ3) is 8.99. The van der Waals surface area contributed by atoms with Crippen LogP contribution in [-0.4, -0.2) is 74.0 Å². The molecule has 2 amide bonds. The molecule has 0 radical (unpaired) electrons. The molecule has 0 aromatic rings. The van der Waals surface area contributed by atoms with E-state index >= 15 is 0 Å². The van der Waals surface area contributed by atoms with Crippen molar-refractivity contribution in [3.8, 4) is 0 Å². The van der Waals surface area contributed by atoms with Gasteiger partial charge in [-0.3, -0.25) is 14.5 Å². The van der Waals surface area contributed by atoms with Gasteiger partial charge in [-0.1, -0.05) is 19.3 Å². The van der Waals surface area contributed by atoms with Crippen LogP contribution in [0.25, 0.3) is 0 Å². The van der Waals surface area contributed by atoms with Crippen molar-refractivity contribution < 1.29 is 9.59 Å². The Balaban J connectivity index is 0.00000210. The molecule has 0 unspecified atom stereocenters. The largest absolute Gasteiger partial charge is 0.355 e. The second-order valence-corrected chi connectivity index (χ2v) is 8.58. The average Bonchev–Trinajstić information content (AvgIpc) is 2.74. The minimum absolute atomic E-state index is 0. The van der Waals surface area contributed by atoms with E-state index in [0.717, 1.165) is 71.6 Å². The van der Waals surface area contributed by atoms with Gasteiger partial charge in [-0.15, -0.1) is 24.8 Å². The number of halogens is 2. The third-order valence-corrected chi connectivity index (χ3v) is 6.63. The molecule has 3 fully saturated rings. The third-order valence-electron chi connectivity index (χ3n) is 6.63. The van der Waals surface area contributed by atoms with Crippen molar-refractivity contribution in [2.45, 2.75) is 57.8 Å². The Morgan fingerprint density at radius 1 is 0.897 bits per heavy atom. The predicted molar refractivity (Wildman–Crippen MR) is 122 cm³/mol. The fourth-order valence-corrected chi connectivity index (χ4v) is 4.75. The quantitative estimate of drug-likeness (QED) is 0.624. The molecule has 3 rings (SSSR count). The van der Waals surface area contributed by atoms with Crippen LogP contribution in [0.4, 0.5) is 0 Å². The summed E-state index contributed by atoms with van der Waals surface area (Å²) in [6, 6.07) is 0. The lowest BCUT2D eigenvalue weighted by atomic mass is 9.88. The van der Waals surface area contributed by atoms with Gasteiger partial charge < -0.3 is 15.5 Å². The molecule has 0 spiro atoms. The van der Waals surface area contributed by atoms with Crippen LogP contribution < -0.4 is 10.6 Å². The van der Waals surface area contributed by atoms with Crippen molar-refractivity contribution >= 4 is 36.6 Å². The Morgan fingerprint density at radius 2 is 1.55 bits per heavy atom. The van der Waals surface area contributed by atoms with Crippen molar-refractivity contribution in [3.05, 3.63) is 0 Å². The minimum atomic E-state index is 0. The molecule has 0 aromatic heterocycles. The van der Waals surface area contributed by atoms with E-state index in [2.05, 4.69) is 20.4 Å². The summed E-state index contributed by atoms with van der Waals surface area (Å²) in [6.45, 7) is 7.38. The molecular weight excluding hydrogens is 411 g/mol. The zero-order valence-corrected chi connectivity index (χ0v) is 19.3.